The molecule has 0 radical (unpaired) electrons. The fourth-order valence-electron chi connectivity index (χ4n) is 3.25. The number of hydrogen-bond donors (Lipinski definition) is 0. The second-order valence-corrected chi connectivity index (χ2v) is 7.80. The minimum absolute atomic E-state index is 0.0955. The van der Waals surface area contributed by atoms with Crippen molar-refractivity contribution in [3.8, 4) is 0 Å². The van der Waals surface area contributed by atoms with Crippen LogP contribution in [0.2, 0.25) is 0 Å². The Morgan fingerprint density at radius 3 is 2.50 bits per heavy atom. The Morgan fingerprint density at radius 1 is 0.800 bits per heavy atom. The lowest BCUT2D eigenvalue weighted by Crippen LogP contribution is -2.10. The molecule has 1 aliphatic heterocycles. The molecule has 0 fully saturated rings. The van der Waals surface area contributed by atoms with Gasteiger partial charge >= 0.3 is 0 Å². The van der Waals surface area contributed by atoms with E-state index in [2.05, 4.69) is 67.6 Å². The predicted molar refractivity (Wildman–Crippen MR) is 89.1 cm³/mol. The molecule has 20 heavy (non-hydrogen) atoms. The zero-order valence-corrected chi connectivity index (χ0v) is 12.5. The molecule has 0 aromatic heterocycles. The largest absolute Gasteiger partial charge is 0.0663 e. The number of hydrogen-bond acceptors (Lipinski definition) is 0. The lowest BCUT2D eigenvalue weighted by atomic mass is 9.97. The van der Waals surface area contributed by atoms with Crippen LogP contribution < -0.4 is 5.30 Å². The number of aryl methyl sites for hydroxylation is 1. The molecule has 3 aromatic carbocycles. The topological polar surface area (TPSA) is 0 Å². The Morgan fingerprint density at radius 2 is 1.65 bits per heavy atom. The lowest BCUT2D eigenvalue weighted by molar-refractivity contribution is 1.26. The summed E-state index contributed by atoms with van der Waals surface area (Å²) >= 11 is 0. The smallest absolute Gasteiger partial charge is 0.00209 e. The molecule has 3 aromatic rings. The third kappa shape index (κ3) is 1.87. The van der Waals surface area contributed by atoms with Crippen LogP contribution in [0.4, 0.5) is 0 Å². The molecule has 0 aliphatic carbocycles. The molecule has 0 spiro atoms. The molecule has 0 amide bonds. The summed E-state index contributed by atoms with van der Waals surface area (Å²) in [7, 11) is -0.0955. The lowest BCUT2D eigenvalue weighted by Gasteiger charge is -2.27. The van der Waals surface area contributed by atoms with Gasteiger partial charge in [0.25, 0.3) is 0 Å². The van der Waals surface area contributed by atoms with E-state index in [-0.39, 0.29) is 7.92 Å². The Labute approximate surface area is 121 Å². The average molecular weight is 276 g/mol. The normalized spacial score (nSPS) is 17.4. The minimum atomic E-state index is -0.0955. The zero-order valence-electron chi connectivity index (χ0n) is 11.6. The van der Waals surface area contributed by atoms with Crippen molar-refractivity contribution in [2.75, 3.05) is 0 Å². The third-order valence-corrected chi connectivity index (χ3v) is 6.75. The van der Waals surface area contributed by atoms with Crippen LogP contribution in [-0.2, 0) is 12.3 Å². The number of rotatable bonds is 1. The first-order valence-corrected chi connectivity index (χ1v) is 8.84. The first kappa shape index (κ1) is 12.1. The van der Waals surface area contributed by atoms with Gasteiger partial charge in [0.05, 0.1) is 0 Å². The summed E-state index contributed by atoms with van der Waals surface area (Å²) in [6, 6.07) is 22.4. The molecule has 1 aliphatic rings. The van der Waals surface area contributed by atoms with E-state index in [1.165, 1.54) is 34.0 Å². The first-order valence-electron chi connectivity index (χ1n) is 7.13. The van der Waals surface area contributed by atoms with Gasteiger partial charge in [0.1, 0.15) is 0 Å². The van der Waals surface area contributed by atoms with Gasteiger partial charge in [-0.15, -0.1) is 0 Å². The summed E-state index contributed by atoms with van der Waals surface area (Å²) in [5, 5.41) is 4.47. The second kappa shape index (κ2) is 4.72. The number of benzene rings is 3. The van der Waals surface area contributed by atoms with E-state index in [1.807, 2.05) is 0 Å². The van der Waals surface area contributed by atoms with Gasteiger partial charge in [-0.3, -0.25) is 0 Å². The van der Waals surface area contributed by atoms with Crippen molar-refractivity contribution in [3.05, 3.63) is 77.4 Å². The molecule has 1 heterocycles. The van der Waals surface area contributed by atoms with Crippen molar-refractivity contribution < 1.29 is 0 Å². The van der Waals surface area contributed by atoms with Crippen LogP contribution in [-0.4, -0.2) is 0 Å². The molecule has 1 atom stereocenters. The maximum absolute atomic E-state index is 2.32. The van der Waals surface area contributed by atoms with Gasteiger partial charge in [-0.1, -0.05) is 68.6 Å². The third-order valence-electron chi connectivity index (χ3n) is 4.31. The molecular formula is C19H17P. The Bertz CT molecular complexity index is 774. The molecule has 0 saturated heterocycles. The van der Waals surface area contributed by atoms with E-state index in [9.17, 15) is 0 Å². The quantitative estimate of drug-likeness (QED) is 0.550. The van der Waals surface area contributed by atoms with Gasteiger partial charge in [-0.05, 0) is 52.0 Å². The van der Waals surface area contributed by atoms with E-state index in [0.717, 1.165) is 0 Å². The Kier molecular flexibility index (Phi) is 2.86. The van der Waals surface area contributed by atoms with Crippen LogP contribution in [0.1, 0.15) is 16.7 Å². The molecule has 0 saturated carbocycles. The highest BCUT2D eigenvalue weighted by molar-refractivity contribution is 7.64. The molecule has 4 rings (SSSR count). The van der Waals surface area contributed by atoms with E-state index in [0.29, 0.717) is 0 Å². The van der Waals surface area contributed by atoms with Crippen molar-refractivity contribution in [3.63, 3.8) is 0 Å². The van der Waals surface area contributed by atoms with Gasteiger partial charge < -0.3 is 0 Å². The summed E-state index contributed by atoms with van der Waals surface area (Å²) < 4.78 is 0. The van der Waals surface area contributed by atoms with Crippen LogP contribution >= 0.6 is 7.92 Å². The molecular weight excluding hydrogens is 259 g/mol. The van der Waals surface area contributed by atoms with E-state index < -0.39 is 0 Å². The maximum Gasteiger partial charge on any atom is -0.00209 e. The minimum Gasteiger partial charge on any atom is -0.0663 e. The van der Waals surface area contributed by atoms with Crippen molar-refractivity contribution in [1.29, 1.82) is 0 Å². The Balaban J connectivity index is 1.89. The SMILES string of the molecule is Cc1ccc2cccc3c2c1CP(c1ccccc1)C3. The maximum atomic E-state index is 2.32. The summed E-state index contributed by atoms with van der Waals surface area (Å²) in [6.45, 7) is 2.26. The van der Waals surface area contributed by atoms with Crippen molar-refractivity contribution in [2.24, 2.45) is 0 Å². The van der Waals surface area contributed by atoms with E-state index >= 15 is 0 Å². The van der Waals surface area contributed by atoms with Crippen LogP contribution in [0.5, 0.6) is 0 Å². The standard InChI is InChI=1S/C19H17P/c1-14-10-11-15-6-5-7-16-12-20(13-18(14)19(15)16)17-8-3-2-4-9-17/h2-11H,12-13H2,1H3. The van der Waals surface area contributed by atoms with Gasteiger partial charge in [0.15, 0.2) is 0 Å². The first-order chi connectivity index (χ1) is 9.83. The van der Waals surface area contributed by atoms with Crippen LogP contribution in [0.3, 0.4) is 0 Å². The van der Waals surface area contributed by atoms with Gasteiger partial charge in [0.2, 0.25) is 0 Å². The molecule has 1 heteroatoms. The van der Waals surface area contributed by atoms with Crippen molar-refractivity contribution in [1.82, 2.24) is 0 Å². The highest BCUT2D eigenvalue weighted by atomic mass is 31.1. The highest BCUT2D eigenvalue weighted by Gasteiger charge is 2.22. The van der Waals surface area contributed by atoms with Crippen molar-refractivity contribution in [2.45, 2.75) is 19.2 Å². The van der Waals surface area contributed by atoms with Crippen LogP contribution in [0, 0.1) is 6.92 Å². The Hall–Kier alpha value is -1.65. The van der Waals surface area contributed by atoms with Crippen LogP contribution in [0.25, 0.3) is 10.8 Å². The molecule has 0 N–H and O–H groups in total. The molecule has 98 valence electrons. The monoisotopic (exact) mass is 276 g/mol. The molecule has 1 unspecified atom stereocenters. The van der Waals surface area contributed by atoms with Gasteiger partial charge in [-0.2, -0.15) is 0 Å². The summed E-state index contributed by atoms with van der Waals surface area (Å²) in [6.07, 6.45) is 2.46. The van der Waals surface area contributed by atoms with Gasteiger partial charge in [0, 0.05) is 0 Å². The fraction of sp³-hybridized carbons (Fsp3) is 0.158. The average Bonchev–Trinajstić information content (AvgIpc) is 2.51. The van der Waals surface area contributed by atoms with E-state index in [1.54, 1.807) is 11.1 Å². The highest BCUT2D eigenvalue weighted by Crippen LogP contribution is 2.49. The second-order valence-electron chi connectivity index (χ2n) is 5.57. The zero-order chi connectivity index (χ0) is 13.5. The molecule has 0 bridgehead atoms. The fourth-order valence-corrected chi connectivity index (χ4v) is 5.78. The van der Waals surface area contributed by atoms with Gasteiger partial charge in [-0.25, -0.2) is 0 Å². The van der Waals surface area contributed by atoms with Crippen molar-refractivity contribution >= 4 is 24.0 Å². The van der Waals surface area contributed by atoms with Crippen LogP contribution in [0.15, 0.2) is 60.7 Å². The summed E-state index contributed by atoms with van der Waals surface area (Å²) in [4.78, 5) is 0. The predicted octanol–water partition coefficient (Wildman–Crippen LogP) is 4.97. The van der Waals surface area contributed by atoms with E-state index in [4.69, 9.17) is 0 Å². The summed E-state index contributed by atoms with van der Waals surface area (Å²) in [5.41, 5.74) is 4.58. The molecule has 0 nitrogen and oxygen atoms in total. The summed E-state index contributed by atoms with van der Waals surface area (Å²) in [5.74, 6) is 0.